The Morgan fingerprint density at radius 3 is 2.45 bits per heavy atom. The van der Waals surface area contributed by atoms with E-state index in [9.17, 15) is 32.7 Å². The Morgan fingerprint density at radius 2 is 1.83 bits per heavy atom. The van der Waals surface area contributed by atoms with Crippen LogP contribution in [0.25, 0.3) is 5.52 Å². The minimum Gasteiger partial charge on any atom is -0.478 e. The molecule has 2 heterocycles. The number of carbonyl (C=O) groups is 3. The van der Waals surface area contributed by atoms with Crippen molar-refractivity contribution in [2.75, 3.05) is 11.1 Å². The van der Waals surface area contributed by atoms with E-state index in [1.54, 1.807) is 35.7 Å². The highest BCUT2D eigenvalue weighted by atomic mass is 19.4. The fourth-order valence-corrected chi connectivity index (χ4v) is 2.94. The number of hydrogen-bond acceptors (Lipinski definition) is 4. The lowest BCUT2D eigenvalue weighted by molar-refractivity contribution is -0.167. The van der Waals surface area contributed by atoms with Crippen molar-refractivity contribution in [3.05, 3.63) is 65.0 Å². The number of fused-ring (bicyclic) bond motifs is 1. The zero-order valence-corrected chi connectivity index (χ0v) is 14.9. The Bertz CT molecular complexity index is 1170. The van der Waals surface area contributed by atoms with Gasteiger partial charge in [-0.2, -0.15) is 13.2 Å². The molecule has 150 valence electrons. The number of aromatic nitrogens is 1. The van der Waals surface area contributed by atoms with Gasteiger partial charge in [-0.3, -0.25) is 9.59 Å². The van der Waals surface area contributed by atoms with Crippen LogP contribution in [-0.4, -0.2) is 33.3 Å². The van der Waals surface area contributed by atoms with Crippen LogP contribution in [0.15, 0.2) is 42.6 Å². The van der Waals surface area contributed by atoms with Gasteiger partial charge in [0.05, 0.1) is 28.1 Å². The molecule has 10 heteroatoms. The van der Waals surface area contributed by atoms with Gasteiger partial charge in [-0.05, 0) is 37.3 Å². The first-order chi connectivity index (χ1) is 13.5. The van der Waals surface area contributed by atoms with E-state index in [1.807, 2.05) is 0 Å². The molecule has 7 nitrogen and oxygen atoms in total. The number of amides is 1. The van der Waals surface area contributed by atoms with Gasteiger partial charge in [-0.15, -0.1) is 0 Å². The van der Waals surface area contributed by atoms with Crippen molar-refractivity contribution in [1.29, 1.82) is 0 Å². The maximum atomic E-state index is 13.0. The number of carboxylic acid groups (broad SMARTS) is 1. The lowest BCUT2D eigenvalue weighted by Crippen LogP contribution is -2.30. The number of carbonyl (C=O) groups excluding carboxylic acids is 2. The van der Waals surface area contributed by atoms with E-state index >= 15 is 0 Å². The molecule has 3 rings (SSSR count). The quantitative estimate of drug-likeness (QED) is 0.577. The number of benzene rings is 1. The van der Waals surface area contributed by atoms with Crippen molar-refractivity contribution in [2.24, 2.45) is 0 Å². The zero-order chi connectivity index (χ0) is 21.5. The van der Waals surface area contributed by atoms with Crippen molar-refractivity contribution >= 4 is 34.6 Å². The van der Waals surface area contributed by atoms with Crippen molar-refractivity contribution in [2.45, 2.75) is 13.1 Å². The third kappa shape index (κ3) is 3.51. The van der Waals surface area contributed by atoms with Gasteiger partial charge < -0.3 is 20.6 Å². The van der Waals surface area contributed by atoms with Crippen LogP contribution in [0.1, 0.15) is 32.0 Å². The van der Waals surface area contributed by atoms with E-state index in [-0.39, 0.29) is 11.3 Å². The Labute approximate surface area is 161 Å². The third-order valence-corrected chi connectivity index (χ3v) is 4.37. The number of alkyl halides is 3. The first kappa shape index (κ1) is 19.9. The maximum Gasteiger partial charge on any atom is 0.471 e. The number of carboxylic acids is 1. The monoisotopic (exact) mass is 405 g/mol. The molecule has 0 saturated carbocycles. The smallest absolute Gasteiger partial charge is 0.471 e. The number of ketones is 1. The maximum absolute atomic E-state index is 13.0. The van der Waals surface area contributed by atoms with Crippen LogP contribution in [0.5, 0.6) is 0 Å². The molecule has 3 aromatic rings. The van der Waals surface area contributed by atoms with Crippen molar-refractivity contribution in [3.8, 4) is 0 Å². The van der Waals surface area contributed by atoms with E-state index in [0.717, 1.165) is 18.2 Å². The molecule has 0 unspecified atom stereocenters. The highest BCUT2D eigenvalue weighted by Gasteiger charge is 2.39. The summed E-state index contributed by atoms with van der Waals surface area (Å²) in [7, 11) is 0. The fourth-order valence-electron chi connectivity index (χ4n) is 2.94. The van der Waals surface area contributed by atoms with Crippen LogP contribution in [0.3, 0.4) is 0 Å². The topological polar surface area (TPSA) is 114 Å². The van der Waals surface area contributed by atoms with E-state index < -0.39 is 35.1 Å². The number of rotatable bonds is 4. The SMILES string of the molecule is Cc1c(N)c2ccccn2c1C(=O)c1ccc(NC(=O)C(F)(F)F)c(C(=O)O)c1. The summed E-state index contributed by atoms with van der Waals surface area (Å²) in [5.41, 5.74) is 6.35. The Balaban J connectivity index is 2.08. The molecule has 0 saturated heterocycles. The number of hydrogen-bond donors (Lipinski definition) is 3. The van der Waals surface area contributed by atoms with Crippen LogP contribution in [0.4, 0.5) is 24.5 Å². The molecular weight excluding hydrogens is 391 g/mol. The Hall–Kier alpha value is -3.82. The molecule has 0 bridgehead atoms. The number of aromatic carboxylic acids is 1. The van der Waals surface area contributed by atoms with Crippen molar-refractivity contribution < 1.29 is 32.7 Å². The molecule has 4 N–H and O–H groups in total. The van der Waals surface area contributed by atoms with Gasteiger partial charge in [0.15, 0.2) is 0 Å². The highest BCUT2D eigenvalue weighted by molar-refractivity contribution is 6.13. The normalized spacial score (nSPS) is 11.4. The number of nitrogens with zero attached hydrogens (tertiary/aromatic N) is 1. The van der Waals surface area contributed by atoms with Crippen LogP contribution in [-0.2, 0) is 4.79 Å². The standard InChI is InChI=1S/C19H14F3N3O4/c1-9-14(23)13-4-2-3-7-25(13)15(9)16(26)10-5-6-12(11(8-10)17(27)28)24-18(29)19(20,21)22/h2-8H,23H2,1H3,(H,24,29)(H,27,28). The molecule has 0 atom stereocenters. The van der Waals surface area contributed by atoms with Gasteiger partial charge in [-0.1, -0.05) is 6.07 Å². The van der Waals surface area contributed by atoms with Crippen molar-refractivity contribution in [1.82, 2.24) is 4.40 Å². The number of nitrogens with two attached hydrogens (primary N) is 1. The Kier molecular flexibility index (Phi) is 4.79. The second-order valence-corrected chi connectivity index (χ2v) is 6.19. The van der Waals surface area contributed by atoms with E-state index in [1.165, 1.54) is 5.32 Å². The minimum absolute atomic E-state index is 0.0845. The van der Waals surface area contributed by atoms with Gasteiger partial charge in [0.25, 0.3) is 0 Å². The predicted molar refractivity (Wildman–Crippen MR) is 98.1 cm³/mol. The predicted octanol–water partition coefficient (Wildman–Crippen LogP) is 3.26. The van der Waals surface area contributed by atoms with Gasteiger partial charge in [0, 0.05) is 17.3 Å². The molecule has 0 spiro atoms. The van der Waals surface area contributed by atoms with Crippen LogP contribution >= 0.6 is 0 Å². The molecule has 0 aliphatic heterocycles. The Morgan fingerprint density at radius 1 is 1.14 bits per heavy atom. The number of halogens is 3. The molecule has 2 aromatic heterocycles. The molecule has 0 radical (unpaired) electrons. The molecule has 1 amide bonds. The summed E-state index contributed by atoms with van der Waals surface area (Å²) in [6.07, 6.45) is -3.58. The lowest BCUT2D eigenvalue weighted by Gasteiger charge is -2.12. The first-order valence-electron chi connectivity index (χ1n) is 8.17. The second kappa shape index (κ2) is 6.97. The van der Waals surface area contributed by atoms with Crippen LogP contribution in [0, 0.1) is 6.92 Å². The molecule has 0 fully saturated rings. The van der Waals surface area contributed by atoms with Crippen LogP contribution in [0.2, 0.25) is 0 Å². The van der Waals surface area contributed by atoms with Gasteiger partial charge in [0.2, 0.25) is 5.78 Å². The third-order valence-electron chi connectivity index (χ3n) is 4.37. The largest absolute Gasteiger partial charge is 0.478 e. The fraction of sp³-hybridized carbons (Fsp3) is 0.105. The van der Waals surface area contributed by atoms with E-state index in [2.05, 4.69) is 0 Å². The number of anilines is 2. The summed E-state index contributed by atoms with van der Waals surface area (Å²) in [5.74, 6) is -4.50. The summed E-state index contributed by atoms with van der Waals surface area (Å²) in [5, 5.41) is 10.8. The number of nitrogens with one attached hydrogen (secondary N) is 1. The number of nitrogen functional groups attached to an aromatic ring is 1. The van der Waals surface area contributed by atoms with E-state index in [0.29, 0.717) is 16.8 Å². The molecular formula is C19H14F3N3O4. The summed E-state index contributed by atoms with van der Waals surface area (Å²) in [6, 6.07) is 8.11. The van der Waals surface area contributed by atoms with Gasteiger partial charge in [-0.25, -0.2) is 4.79 Å². The summed E-state index contributed by atoms with van der Waals surface area (Å²) >= 11 is 0. The zero-order valence-electron chi connectivity index (χ0n) is 14.9. The minimum atomic E-state index is -5.19. The second-order valence-electron chi connectivity index (χ2n) is 6.19. The highest BCUT2D eigenvalue weighted by Crippen LogP contribution is 2.29. The van der Waals surface area contributed by atoms with Crippen LogP contribution < -0.4 is 11.1 Å². The average Bonchev–Trinajstić information content (AvgIpc) is 2.91. The van der Waals surface area contributed by atoms with Gasteiger partial charge >= 0.3 is 18.1 Å². The molecule has 29 heavy (non-hydrogen) atoms. The summed E-state index contributed by atoms with van der Waals surface area (Å²) < 4.78 is 38.9. The summed E-state index contributed by atoms with van der Waals surface area (Å²) in [4.78, 5) is 35.6. The molecule has 1 aromatic carbocycles. The van der Waals surface area contributed by atoms with Gasteiger partial charge in [0.1, 0.15) is 0 Å². The number of pyridine rings is 1. The average molecular weight is 405 g/mol. The molecule has 0 aliphatic carbocycles. The lowest BCUT2D eigenvalue weighted by atomic mass is 10.0. The first-order valence-corrected chi connectivity index (χ1v) is 8.17. The summed E-state index contributed by atoms with van der Waals surface area (Å²) in [6.45, 7) is 1.63. The van der Waals surface area contributed by atoms with E-state index in [4.69, 9.17) is 5.73 Å². The van der Waals surface area contributed by atoms with Crippen molar-refractivity contribution in [3.63, 3.8) is 0 Å². The molecule has 0 aliphatic rings.